The van der Waals surface area contributed by atoms with Crippen LogP contribution in [0.3, 0.4) is 0 Å². The number of hydrogen-bond acceptors (Lipinski definition) is 3. The second-order valence-corrected chi connectivity index (χ2v) is 4.89. The minimum atomic E-state index is -0.514. The molecular formula is C16H21NO2. The van der Waals surface area contributed by atoms with Crippen molar-refractivity contribution in [2.45, 2.75) is 31.9 Å². The molecule has 1 aliphatic heterocycles. The molecule has 1 N–H and O–H groups in total. The number of nitrogens with zero attached hydrogens (tertiary/aromatic N) is 1. The highest BCUT2D eigenvalue weighted by molar-refractivity contribution is 5.28. The first-order valence-corrected chi connectivity index (χ1v) is 6.89. The molecule has 0 radical (unpaired) electrons. The largest absolute Gasteiger partial charge is 0.481 e. The van der Waals surface area contributed by atoms with Crippen molar-refractivity contribution in [3.05, 3.63) is 29.8 Å². The van der Waals surface area contributed by atoms with Crippen LogP contribution in [0.1, 0.15) is 37.5 Å². The number of rotatable bonds is 4. The summed E-state index contributed by atoms with van der Waals surface area (Å²) in [5.41, 5.74) is 0.912. The van der Waals surface area contributed by atoms with Gasteiger partial charge in [-0.1, -0.05) is 30.9 Å². The molecule has 1 atom stereocenters. The maximum Gasteiger partial charge on any atom is 0.148 e. The molecule has 3 nitrogen and oxygen atoms in total. The Balaban J connectivity index is 1.98. The van der Waals surface area contributed by atoms with Crippen LogP contribution in [0, 0.1) is 12.3 Å². The standard InChI is InChI=1S/C16H21NO2/c1-2-13-19-15-9-7-14(8-10-15)16(18)17-11-5-3-4-6-12-17/h1,7-10,16,18H,3-6,11-13H2. The molecule has 1 aromatic rings. The summed E-state index contributed by atoms with van der Waals surface area (Å²) in [7, 11) is 0. The number of benzene rings is 1. The van der Waals surface area contributed by atoms with Gasteiger partial charge in [-0.3, -0.25) is 4.90 Å². The number of aliphatic hydroxyl groups excluding tert-OH is 1. The van der Waals surface area contributed by atoms with Crippen molar-refractivity contribution in [1.29, 1.82) is 0 Å². The maximum absolute atomic E-state index is 10.4. The molecule has 1 aromatic carbocycles. The molecule has 0 saturated carbocycles. The van der Waals surface area contributed by atoms with Gasteiger partial charge < -0.3 is 9.84 Å². The van der Waals surface area contributed by atoms with Crippen molar-refractivity contribution in [3.63, 3.8) is 0 Å². The van der Waals surface area contributed by atoms with Crippen molar-refractivity contribution in [2.75, 3.05) is 19.7 Å². The Morgan fingerprint density at radius 3 is 2.37 bits per heavy atom. The van der Waals surface area contributed by atoms with E-state index in [-0.39, 0.29) is 6.61 Å². The third kappa shape index (κ3) is 3.99. The van der Waals surface area contributed by atoms with Gasteiger partial charge in [0.15, 0.2) is 0 Å². The minimum absolute atomic E-state index is 0.272. The van der Waals surface area contributed by atoms with Crippen LogP contribution in [0.2, 0.25) is 0 Å². The van der Waals surface area contributed by atoms with Crippen LogP contribution in [0.25, 0.3) is 0 Å². The molecule has 0 aliphatic carbocycles. The van der Waals surface area contributed by atoms with Crippen LogP contribution in [-0.2, 0) is 0 Å². The van der Waals surface area contributed by atoms with Gasteiger partial charge >= 0.3 is 0 Å². The van der Waals surface area contributed by atoms with Gasteiger partial charge in [0, 0.05) is 13.1 Å². The number of terminal acetylenes is 1. The zero-order chi connectivity index (χ0) is 13.5. The molecule has 2 rings (SSSR count). The SMILES string of the molecule is C#CCOc1ccc(C(O)N2CCCCCC2)cc1. The number of ether oxygens (including phenoxy) is 1. The van der Waals surface area contributed by atoms with Crippen molar-refractivity contribution in [3.8, 4) is 18.1 Å². The van der Waals surface area contributed by atoms with Gasteiger partial charge in [-0.2, -0.15) is 0 Å². The Bertz CT molecular complexity index is 413. The van der Waals surface area contributed by atoms with E-state index < -0.39 is 6.23 Å². The summed E-state index contributed by atoms with van der Waals surface area (Å²) >= 11 is 0. The zero-order valence-corrected chi connectivity index (χ0v) is 11.2. The molecule has 3 heteroatoms. The Labute approximate surface area is 115 Å². The molecule has 1 aliphatic rings. The van der Waals surface area contributed by atoms with Crippen molar-refractivity contribution < 1.29 is 9.84 Å². The molecule has 1 saturated heterocycles. The third-order valence-electron chi connectivity index (χ3n) is 3.49. The van der Waals surface area contributed by atoms with Gasteiger partial charge in [0.1, 0.15) is 18.6 Å². The van der Waals surface area contributed by atoms with E-state index in [1.54, 1.807) is 0 Å². The fourth-order valence-corrected chi connectivity index (χ4v) is 2.41. The Morgan fingerprint density at radius 1 is 1.16 bits per heavy atom. The van der Waals surface area contributed by atoms with E-state index in [2.05, 4.69) is 10.8 Å². The van der Waals surface area contributed by atoms with E-state index in [4.69, 9.17) is 11.2 Å². The first-order chi connectivity index (χ1) is 9.31. The van der Waals surface area contributed by atoms with E-state index in [0.717, 1.165) is 24.4 Å². The second-order valence-electron chi connectivity index (χ2n) is 4.89. The van der Waals surface area contributed by atoms with Gasteiger partial charge in [0.2, 0.25) is 0 Å². The lowest BCUT2D eigenvalue weighted by Gasteiger charge is -2.26. The topological polar surface area (TPSA) is 32.7 Å². The average molecular weight is 259 g/mol. The highest BCUT2D eigenvalue weighted by Crippen LogP contribution is 2.23. The van der Waals surface area contributed by atoms with Crippen molar-refractivity contribution in [2.24, 2.45) is 0 Å². The summed E-state index contributed by atoms with van der Waals surface area (Å²) in [5, 5.41) is 10.4. The Kier molecular flexibility index (Phi) is 5.26. The molecule has 102 valence electrons. The van der Waals surface area contributed by atoms with Crippen LogP contribution >= 0.6 is 0 Å². The lowest BCUT2D eigenvalue weighted by Crippen LogP contribution is -2.29. The molecule has 0 aromatic heterocycles. The highest BCUT2D eigenvalue weighted by Gasteiger charge is 2.18. The van der Waals surface area contributed by atoms with Gasteiger partial charge in [-0.05, 0) is 30.5 Å². The average Bonchev–Trinajstić information content (AvgIpc) is 2.74. The van der Waals surface area contributed by atoms with E-state index in [0.29, 0.717) is 0 Å². The van der Waals surface area contributed by atoms with Gasteiger partial charge in [-0.25, -0.2) is 0 Å². The van der Waals surface area contributed by atoms with Gasteiger partial charge in [0.05, 0.1) is 0 Å². The fraction of sp³-hybridized carbons (Fsp3) is 0.500. The summed E-state index contributed by atoms with van der Waals surface area (Å²) in [5.74, 6) is 3.17. The molecule has 0 bridgehead atoms. The second kappa shape index (κ2) is 7.18. The maximum atomic E-state index is 10.4. The lowest BCUT2D eigenvalue weighted by atomic mass is 10.1. The number of aliphatic hydroxyl groups is 1. The molecule has 0 spiro atoms. The summed E-state index contributed by atoms with van der Waals surface area (Å²) in [6.07, 6.45) is 9.50. The predicted octanol–water partition coefficient (Wildman–Crippen LogP) is 2.57. The Morgan fingerprint density at radius 2 is 1.79 bits per heavy atom. The normalized spacial score (nSPS) is 18.3. The van der Waals surface area contributed by atoms with Crippen LogP contribution in [0.15, 0.2) is 24.3 Å². The molecule has 1 unspecified atom stereocenters. The fourth-order valence-electron chi connectivity index (χ4n) is 2.41. The van der Waals surface area contributed by atoms with E-state index >= 15 is 0 Å². The molecule has 19 heavy (non-hydrogen) atoms. The monoisotopic (exact) mass is 259 g/mol. The smallest absolute Gasteiger partial charge is 0.148 e. The minimum Gasteiger partial charge on any atom is -0.481 e. The third-order valence-corrected chi connectivity index (χ3v) is 3.49. The van der Waals surface area contributed by atoms with E-state index in [9.17, 15) is 5.11 Å². The Hall–Kier alpha value is -1.50. The highest BCUT2D eigenvalue weighted by atomic mass is 16.5. The summed E-state index contributed by atoms with van der Waals surface area (Å²) < 4.78 is 5.32. The quantitative estimate of drug-likeness (QED) is 0.844. The molecule has 0 amide bonds. The van der Waals surface area contributed by atoms with Crippen molar-refractivity contribution >= 4 is 0 Å². The molecule has 1 fully saturated rings. The predicted molar refractivity (Wildman–Crippen MR) is 75.8 cm³/mol. The van der Waals surface area contributed by atoms with E-state index in [1.165, 1.54) is 25.7 Å². The summed E-state index contributed by atoms with van der Waals surface area (Å²) in [4.78, 5) is 2.14. The summed E-state index contributed by atoms with van der Waals surface area (Å²) in [6.45, 7) is 2.21. The van der Waals surface area contributed by atoms with Gasteiger partial charge in [-0.15, -0.1) is 6.42 Å². The summed E-state index contributed by atoms with van der Waals surface area (Å²) in [6, 6.07) is 7.52. The van der Waals surface area contributed by atoms with E-state index in [1.807, 2.05) is 24.3 Å². The van der Waals surface area contributed by atoms with Crippen LogP contribution < -0.4 is 4.74 Å². The first-order valence-electron chi connectivity index (χ1n) is 6.89. The zero-order valence-electron chi connectivity index (χ0n) is 11.2. The molecular weight excluding hydrogens is 238 g/mol. The van der Waals surface area contributed by atoms with Crippen molar-refractivity contribution in [1.82, 2.24) is 4.90 Å². The number of likely N-dealkylation sites (tertiary alicyclic amines) is 1. The first kappa shape index (κ1) is 13.9. The molecule has 1 heterocycles. The van der Waals surface area contributed by atoms with Crippen LogP contribution in [0.5, 0.6) is 5.75 Å². The van der Waals surface area contributed by atoms with Gasteiger partial charge in [0.25, 0.3) is 0 Å². The van der Waals surface area contributed by atoms with Crippen LogP contribution in [0.4, 0.5) is 0 Å². The number of hydrogen-bond donors (Lipinski definition) is 1. The van der Waals surface area contributed by atoms with Crippen LogP contribution in [-0.4, -0.2) is 29.7 Å². The lowest BCUT2D eigenvalue weighted by molar-refractivity contribution is 0.00406.